The number of rotatable bonds is 3. The summed E-state index contributed by atoms with van der Waals surface area (Å²) in [5.74, 6) is 3.58. The summed E-state index contributed by atoms with van der Waals surface area (Å²) in [6.07, 6.45) is 7.23. The van der Waals surface area contributed by atoms with Gasteiger partial charge in [0.2, 0.25) is 0 Å². The molecule has 18 heavy (non-hydrogen) atoms. The lowest BCUT2D eigenvalue weighted by Crippen LogP contribution is -2.59. The molecule has 2 nitrogen and oxygen atoms in total. The molecule has 4 fully saturated rings. The molecule has 0 aromatic carbocycles. The van der Waals surface area contributed by atoms with Crippen molar-refractivity contribution in [2.75, 3.05) is 0 Å². The molecule has 0 aromatic heterocycles. The van der Waals surface area contributed by atoms with Crippen molar-refractivity contribution in [2.24, 2.45) is 17.8 Å². The van der Waals surface area contributed by atoms with Crippen molar-refractivity contribution in [3.8, 4) is 0 Å². The van der Waals surface area contributed by atoms with Crippen molar-refractivity contribution in [3.63, 3.8) is 0 Å². The second kappa shape index (κ2) is 4.04. The highest BCUT2D eigenvalue weighted by molar-refractivity contribution is 5.87. The van der Waals surface area contributed by atoms with Crippen LogP contribution in [0.1, 0.15) is 52.4 Å². The molecule has 2 unspecified atom stereocenters. The molecule has 98 valence electrons. The van der Waals surface area contributed by atoms with E-state index in [1.807, 2.05) is 0 Å². The first-order chi connectivity index (χ1) is 8.55. The van der Waals surface area contributed by atoms with Gasteiger partial charge in [-0.15, -0.1) is 0 Å². The monoisotopic (exact) mass is 247 g/mol. The molecule has 0 aliphatic heterocycles. The third kappa shape index (κ3) is 1.61. The minimum Gasteiger partial charge on any atom is -0.455 e. The zero-order valence-electron chi connectivity index (χ0n) is 11.5. The van der Waals surface area contributed by atoms with Gasteiger partial charge in [-0.2, -0.15) is 0 Å². The fourth-order valence-electron chi connectivity index (χ4n) is 4.74. The third-order valence-electron chi connectivity index (χ3n) is 5.45. The molecule has 0 radical (unpaired) electrons. The van der Waals surface area contributed by atoms with Gasteiger partial charge in [-0.3, -0.25) is 0 Å². The van der Waals surface area contributed by atoms with Gasteiger partial charge in [-0.25, -0.2) is 4.79 Å². The van der Waals surface area contributed by atoms with Gasteiger partial charge >= 0.3 is 5.97 Å². The molecule has 4 saturated carbocycles. The van der Waals surface area contributed by atoms with Gasteiger partial charge < -0.3 is 4.74 Å². The maximum atomic E-state index is 12.0. The molecule has 0 spiro atoms. The Bertz CT molecular complexity index is 355. The minimum absolute atomic E-state index is 0.184. The van der Waals surface area contributed by atoms with Gasteiger partial charge in [0.25, 0.3) is 0 Å². The molecule has 2 heteroatoms. The van der Waals surface area contributed by atoms with Gasteiger partial charge in [0.05, 0.1) is 25.2 Å². The van der Waals surface area contributed by atoms with E-state index in [9.17, 15) is 4.79 Å². The van der Waals surface area contributed by atoms with Gasteiger partial charge in [-0.05, 0) is 26.2 Å². The van der Waals surface area contributed by atoms with Crippen LogP contribution in [0.25, 0.3) is 0 Å². The zero-order valence-corrected chi connectivity index (χ0v) is 11.5. The molecule has 2 atom stereocenters. The Balaban J connectivity index is 1.87. The highest BCUT2D eigenvalue weighted by atomic mass is 16.6. The van der Waals surface area contributed by atoms with E-state index in [1.165, 1.54) is 32.1 Å². The van der Waals surface area contributed by atoms with E-state index < -0.39 is 0 Å². The number of carbonyl (C=O) groups is 1. The van der Waals surface area contributed by atoms with Crippen LogP contribution in [-0.2, 0) is 9.53 Å². The van der Waals surface area contributed by atoms with Crippen LogP contribution in [0.4, 0.5) is 0 Å². The van der Waals surface area contributed by atoms with Crippen molar-refractivity contribution in [1.82, 2.24) is 0 Å². The van der Waals surface area contributed by atoms with Gasteiger partial charge in [0.15, 0.2) is 0 Å². The Labute approximate surface area is 110 Å². The van der Waals surface area contributed by atoms with E-state index in [0.717, 1.165) is 12.3 Å². The van der Waals surface area contributed by atoms with Crippen molar-refractivity contribution < 1.29 is 9.53 Å². The summed E-state index contributed by atoms with van der Waals surface area (Å²) in [4.78, 5) is 12.0. The predicted molar refractivity (Wildman–Crippen MR) is 70.7 cm³/mol. The second-order valence-corrected chi connectivity index (χ2v) is 6.57. The Morgan fingerprint density at radius 2 is 1.94 bits per heavy atom. The van der Waals surface area contributed by atoms with Crippen LogP contribution in [0, 0.1) is 23.7 Å². The molecule has 4 rings (SSSR count). The SMILES string of the molecule is C=C(C)C(=O)OC1(CC)C2C[C+]3CC(C2)CC1C3. The third-order valence-corrected chi connectivity index (χ3v) is 5.45. The number of esters is 1. The Kier molecular flexibility index (Phi) is 2.72. The summed E-state index contributed by atoms with van der Waals surface area (Å²) in [7, 11) is 0. The molecule has 0 amide bonds. The van der Waals surface area contributed by atoms with Gasteiger partial charge in [0, 0.05) is 23.3 Å². The van der Waals surface area contributed by atoms with Crippen molar-refractivity contribution in [3.05, 3.63) is 18.1 Å². The largest absolute Gasteiger partial charge is 0.455 e. The van der Waals surface area contributed by atoms with E-state index in [1.54, 1.807) is 12.8 Å². The van der Waals surface area contributed by atoms with Crippen LogP contribution in [0.15, 0.2) is 12.2 Å². The van der Waals surface area contributed by atoms with Crippen LogP contribution in [0.3, 0.4) is 0 Å². The van der Waals surface area contributed by atoms with E-state index in [4.69, 9.17) is 4.74 Å². The van der Waals surface area contributed by atoms with Crippen molar-refractivity contribution in [1.29, 1.82) is 0 Å². The smallest absolute Gasteiger partial charge is 0.333 e. The van der Waals surface area contributed by atoms with Gasteiger partial charge in [-0.1, -0.05) is 13.5 Å². The lowest BCUT2D eigenvalue weighted by Gasteiger charge is -2.55. The first-order valence-corrected chi connectivity index (χ1v) is 7.27. The molecule has 4 aliphatic rings. The van der Waals surface area contributed by atoms with E-state index >= 15 is 0 Å². The summed E-state index contributed by atoms with van der Waals surface area (Å²) in [5.41, 5.74) is 0.348. The fraction of sp³-hybridized carbons (Fsp3) is 0.750. The molecule has 0 N–H and O–H groups in total. The van der Waals surface area contributed by atoms with Gasteiger partial charge in [0.1, 0.15) is 5.60 Å². The Morgan fingerprint density at radius 3 is 2.39 bits per heavy atom. The number of hydrogen-bond acceptors (Lipinski definition) is 2. The molecule has 0 saturated heterocycles. The zero-order chi connectivity index (χ0) is 12.9. The first-order valence-electron chi connectivity index (χ1n) is 7.27. The topological polar surface area (TPSA) is 26.3 Å². The predicted octanol–water partition coefficient (Wildman–Crippen LogP) is 3.67. The van der Waals surface area contributed by atoms with Crippen LogP contribution >= 0.6 is 0 Å². The minimum atomic E-state index is -0.186. The maximum Gasteiger partial charge on any atom is 0.333 e. The lowest BCUT2D eigenvalue weighted by molar-refractivity contribution is -0.194. The summed E-state index contributed by atoms with van der Waals surface area (Å²) in [6.45, 7) is 7.65. The highest BCUT2D eigenvalue weighted by Crippen LogP contribution is 2.61. The first kappa shape index (κ1) is 12.1. The number of hydrogen-bond donors (Lipinski definition) is 0. The van der Waals surface area contributed by atoms with E-state index in [0.29, 0.717) is 17.4 Å². The Hall–Kier alpha value is -0.920. The quantitative estimate of drug-likeness (QED) is 0.432. The van der Waals surface area contributed by atoms with Crippen LogP contribution in [0.5, 0.6) is 0 Å². The summed E-state index contributed by atoms with van der Waals surface area (Å²) in [6, 6.07) is 0. The molecular formula is C16H23O2+. The highest BCUT2D eigenvalue weighted by Gasteiger charge is 2.63. The fourth-order valence-corrected chi connectivity index (χ4v) is 4.74. The summed E-state index contributed by atoms with van der Waals surface area (Å²) < 4.78 is 5.97. The normalized spacial score (nSPS) is 41.0. The molecule has 4 aliphatic carbocycles. The summed E-state index contributed by atoms with van der Waals surface area (Å²) in [5, 5.41) is 0. The van der Waals surface area contributed by atoms with E-state index in [2.05, 4.69) is 13.5 Å². The maximum absolute atomic E-state index is 12.0. The average Bonchev–Trinajstić information content (AvgIpc) is 2.32. The standard InChI is InChI=1S/C16H23O2/c1-4-16(18-15(17)10(2)3)13-6-11-5-12(8-13)9-14(16)7-11/h11,13-14H,2,4-9H2,1,3H3/q+1. The molecule has 0 heterocycles. The lowest BCUT2D eigenvalue weighted by atomic mass is 9.49. The molecular weight excluding hydrogens is 224 g/mol. The van der Waals surface area contributed by atoms with Crippen molar-refractivity contribution >= 4 is 5.97 Å². The van der Waals surface area contributed by atoms with Crippen LogP contribution in [-0.4, -0.2) is 11.6 Å². The van der Waals surface area contributed by atoms with E-state index in [-0.39, 0.29) is 11.6 Å². The summed E-state index contributed by atoms with van der Waals surface area (Å²) >= 11 is 0. The van der Waals surface area contributed by atoms with Crippen LogP contribution in [0.2, 0.25) is 0 Å². The van der Waals surface area contributed by atoms with Crippen LogP contribution < -0.4 is 0 Å². The number of carbonyl (C=O) groups excluding carboxylic acids is 1. The molecule has 4 bridgehead atoms. The Morgan fingerprint density at radius 1 is 1.33 bits per heavy atom. The second-order valence-electron chi connectivity index (χ2n) is 6.57. The average molecular weight is 247 g/mol. The van der Waals surface area contributed by atoms with Crippen molar-refractivity contribution in [2.45, 2.75) is 58.0 Å². The molecule has 0 aromatic rings. The number of ether oxygens (including phenoxy) is 1.